The molecule has 0 aliphatic carbocycles. The first-order chi connectivity index (χ1) is 12.4. The molecule has 0 aliphatic heterocycles. The maximum atomic E-state index is 3.49. The van der Waals surface area contributed by atoms with Gasteiger partial charge in [0.2, 0.25) is 0 Å². The molecule has 0 bridgehead atoms. The van der Waals surface area contributed by atoms with Gasteiger partial charge < -0.3 is 5.32 Å². The molecule has 2 heteroatoms. The van der Waals surface area contributed by atoms with Crippen molar-refractivity contribution < 1.29 is 4.70 Å². The van der Waals surface area contributed by atoms with Crippen molar-refractivity contribution in [2.24, 2.45) is 0 Å². The molecule has 0 atom stereocenters. The van der Waals surface area contributed by atoms with Gasteiger partial charge in [0.1, 0.15) is 0 Å². The summed E-state index contributed by atoms with van der Waals surface area (Å²) in [5, 5.41) is 3.49. The highest BCUT2D eigenvalue weighted by Crippen LogP contribution is 2.14. The Labute approximate surface area is 162 Å². The van der Waals surface area contributed by atoms with Crippen molar-refractivity contribution in [2.75, 3.05) is 11.9 Å². The fraction of sp³-hybridized carbons (Fsp3) is 0.750. The topological polar surface area (TPSA) is 12.0 Å². The van der Waals surface area contributed by atoms with E-state index >= 15 is 0 Å². The number of hydrogen-bond acceptors (Lipinski definition) is 1. The van der Waals surface area contributed by atoms with E-state index in [0.717, 1.165) is 6.54 Å². The van der Waals surface area contributed by atoms with E-state index in [4.69, 9.17) is 0 Å². The third-order valence-corrected chi connectivity index (χ3v) is 5.13. The van der Waals surface area contributed by atoms with Crippen molar-refractivity contribution in [1.29, 1.82) is 0 Å². The van der Waals surface area contributed by atoms with Crippen LogP contribution in [0.5, 0.6) is 0 Å². The maximum Gasteiger partial charge on any atom is 0.0340 e. The highest BCUT2D eigenvalue weighted by atomic mass is 19.0. The monoisotopic (exact) mass is 365 g/mol. The molecular formula is C24H44FN. The van der Waals surface area contributed by atoms with Crippen molar-refractivity contribution in [3.63, 3.8) is 0 Å². The second-order valence-corrected chi connectivity index (χ2v) is 7.60. The fourth-order valence-corrected chi connectivity index (χ4v) is 3.46. The number of rotatable bonds is 18. The molecular weight excluding hydrogens is 321 g/mol. The summed E-state index contributed by atoms with van der Waals surface area (Å²) in [5.41, 5.74) is 1.25. The molecule has 1 aromatic rings. The minimum atomic E-state index is 0. The Bertz CT molecular complexity index is 366. The number of para-hydroxylation sites is 1. The minimum Gasteiger partial charge on any atom is -0.385 e. The average molecular weight is 366 g/mol. The Morgan fingerprint density at radius 2 is 0.923 bits per heavy atom. The maximum absolute atomic E-state index is 3.49. The van der Waals surface area contributed by atoms with Gasteiger partial charge in [-0.05, 0) is 18.6 Å². The SMILES string of the molecule is CCCCCCCCCCCCCCCCCCNc1ccccc1.F. The molecule has 152 valence electrons. The zero-order valence-corrected chi connectivity index (χ0v) is 17.3. The van der Waals surface area contributed by atoms with E-state index in [-0.39, 0.29) is 4.70 Å². The van der Waals surface area contributed by atoms with Crippen LogP contribution in [0.2, 0.25) is 0 Å². The molecule has 0 radical (unpaired) electrons. The average Bonchev–Trinajstić information content (AvgIpc) is 2.65. The first-order valence-corrected chi connectivity index (χ1v) is 11.2. The van der Waals surface area contributed by atoms with Crippen molar-refractivity contribution in [2.45, 2.75) is 110 Å². The summed E-state index contributed by atoms with van der Waals surface area (Å²) in [6, 6.07) is 10.5. The number of anilines is 1. The lowest BCUT2D eigenvalue weighted by molar-refractivity contribution is 0.530. The van der Waals surface area contributed by atoms with Gasteiger partial charge >= 0.3 is 0 Å². The minimum absolute atomic E-state index is 0. The van der Waals surface area contributed by atoms with Gasteiger partial charge in [0.15, 0.2) is 0 Å². The lowest BCUT2D eigenvalue weighted by Gasteiger charge is -2.06. The molecule has 0 aliphatic rings. The van der Waals surface area contributed by atoms with Crippen molar-refractivity contribution in [1.82, 2.24) is 0 Å². The standard InChI is InChI=1S/C24H43N.FH/c1-2-3-4-5-6-7-8-9-10-11-12-13-14-15-16-20-23-25-24-21-18-17-19-22-24;/h17-19,21-22,25H,2-16,20,23H2,1H3;1H. The summed E-state index contributed by atoms with van der Waals surface area (Å²) in [4.78, 5) is 0. The number of nitrogens with one attached hydrogen (secondary N) is 1. The molecule has 0 amide bonds. The molecule has 1 rings (SSSR count). The third kappa shape index (κ3) is 16.4. The quantitative estimate of drug-likeness (QED) is 0.257. The summed E-state index contributed by atoms with van der Waals surface area (Å²) >= 11 is 0. The van der Waals surface area contributed by atoms with Gasteiger partial charge in [0.05, 0.1) is 0 Å². The molecule has 0 unspecified atom stereocenters. The van der Waals surface area contributed by atoms with Gasteiger partial charge in [-0.1, -0.05) is 121 Å². The number of hydrogen-bond donors (Lipinski definition) is 1. The van der Waals surface area contributed by atoms with E-state index in [1.54, 1.807) is 0 Å². The fourth-order valence-electron chi connectivity index (χ4n) is 3.46. The normalized spacial score (nSPS) is 10.5. The second-order valence-electron chi connectivity index (χ2n) is 7.60. The molecule has 1 N–H and O–H groups in total. The first kappa shape index (κ1) is 24.9. The second kappa shape index (κ2) is 20.3. The van der Waals surface area contributed by atoms with Crippen LogP contribution >= 0.6 is 0 Å². The van der Waals surface area contributed by atoms with E-state index < -0.39 is 0 Å². The third-order valence-electron chi connectivity index (χ3n) is 5.13. The van der Waals surface area contributed by atoms with Crippen LogP contribution in [0.15, 0.2) is 30.3 Å². The predicted molar refractivity (Wildman–Crippen MR) is 117 cm³/mol. The highest BCUT2D eigenvalue weighted by molar-refractivity contribution is 5.42. The van der Waals surface area contributed by atoms with Gasteiger partial charge in [0.25, 0.3) is 0 Å². The molecule has 0 saturated heterocycles. The summed E-state index contributed by atoms with van der Waals surface area (Å²) < 4.78 is 0. The molecule has 1 aromatic carbocycles. The lowest BCUT2D eigenvalue weighted by atomic mass is 10.0. The van der Waals surface area contributed by atoms with Gasteiger partial charge in [-0.15, -0.1) is 0 Å². The summed E-state index contributed by atoms with van der Waals surface area (Å²) in [6.45, 7) is 3.41. The molecule has 1 nitrogen and oxygen atoms in total. The van der Waals surface area contributed by atoms with E-state index in [9.17, 15) is 0 Å². The van der Waals surface area contributed by atoms with Gasteiger partial charge in [-0.2, -0.15) is 0 Å². The Kier molecular flexibility index (Phi) is 19.4. The van der Waals surface area contributed by atoms with Gasteiger partial charge in [-0.25, -0.2) is 0 Å². The first-order valence-electron chi connectivity index (χ1n) is 11.2. The molecule has 26 heavy (non-hydrogen) atoms. The van der Waals surface area contributed by atoms with Crippen LogP contribution in [-0.4, -0.2) is 6.54 Å². The largest absolute Gasteiger partial charge is 0.385 e. The highest BCUT2D eigenvalue weighted by Gasteiger charge is 1.95. The summed E-state index contributed by atoms with van der Waals surface area (Å²) in [7, 11) is 0. The van der Waals surface area contributed by atoms with Crippen LogP contribution in [0, 0.1) is 0 Å². The van der Waals surface area contributed by atoms with E-state index in [2.05, 4.69) is 42.6 Å². The van der Waals surface area contributed by atoms with E-state index in [1.165, 1.54) is 108 Å². The van der Waals surface area contributed by atoms with Crippen LogP contribution < -0.4 is 5.32 Å². The zero-order valence-electron chi connectivity index (χ0n) is 17.3. The molecule has 0 saturated carbocycles. The van der Waals surface area contributed by atoms with Crippen LogP contribution in [0.3, 0.4) is 0 Å². The van der Waals surface area contributed by atoms with Crippen LogP contribution in [0.4, 0.5) is 10.4 Å². The number of halogens is 1. The van der Waals surface area contributed by atoms with Gasteiger partial charge in [0, 0.05) is 12.2 Å². The van der Waals surface area contributed by atoms with Gasteiger partial charge in [-0.3, -0.25) is 4.70 Å². The molecule has 0 heterocycles. The zero-order chi connectivity index (χ0) is 17.8. The Balaban J connectivity index is 0.00000625. The Hall–Kier alpha value is -1.05. The summed E-state index contributed by atoms with van der Waals surface area (Å²) in [5.74, 6) is 0. The van der Waals surface area contributed by atoms with Crippen molar-refractivity contribution in [3.05, 3.63) is 30.3 Å². The van der Waals surface area contributed by atoms with Crippen molar-refractivity contribution >= 4 is 5.69 Å². The van der Waals surface area contributed by atoms with Crippen LogP contribution in [0.25, 0.3) is 0 Å². The van der Waals surface area contributed by atoms with E-state index in [0.29, 0.717) is 0 Å². The van der Waals surface area contributed by atoms with E-state index in [1.807, 2.05) is 0 Å². The number of unbranched alkanes of at least 4 members (excludes halogenated alkanes) is 15. The molecule has 0 spiro atoms. The Morgan fingerprint density at radius 1 is 0.538 bits per heavy atom. The molecule has 0 fully saturated rings. The van der Waals surface area contributed by atoms with Crippen LogP contribution in [-0.2, 0) is 0 Å². The Morgan fingerprint density at radius 3 is 1.35 bits per heavy atom. The smallest absolute Gasteiger partial charge is 0.0340 e. The lowest BCUT2D eigenvalue weighted by Crippen LogP contribution is -2.00. The predicted octanol–water partition coefficient (Wildman–Crippen LogP) is 8.51. The van der Waals surface area contributed by atoms with Crippen molar-refractivity contribution in [3.8, 4) is 0 Å². The molecule has 0 aromatic heterocycles. The van der Waals surface area contributed by atoms with Crippen LogP contribution in [0.1, 0.15) is 110 Å². The number of benzene rings is 1. The summed E-state index contributed by atoms with van der Waals surface area (Å²) in [6.07, 6.45) is 23.0.